The highest BCUT2D eigenvalue weighted by atomic mass is 32.2. The predicted octanol–water partition coefficient (Wildman–Crippen LogP) is 1.97. The zero-order chi connectivity index (χ0) is 7.44. The lowest BCUT2D eigenvalue weighted by atomic mass is 10.6. The van der Waals surface area contributed by atoms with Gasteiger partial charge in [-0.25, -0.2) is 0 Å². The zero-order valence-electron chi connectivity index (χ0n) is 5.92. The fourth-order valence-corrected chi connectivity index (χ4v) is 1.04. The van der Waals surface area contributed by atoms with Crippen LogP contribution in [0.1, 0.15) is 13.8 Å². The van der Waals surface area contributed by atoms with E-state index in [1.54, 1.807) is 7.05 Å². The Labute approximate surface area is 62.6 Å². The Balaban J connectivity index is 3.51. The number of carbonyl (C=O) groups excluding carboxylic acids is 1. The molecule has 0 bridgehead atoms. The standard InChI is InChI=1S/C5H12NOPS/c1-4(2)9-5(7)6(3)8/h4H,8H2,1-3H3. The lowest BCUT2D eigenvalue weighted by Gasteiger charge is -2.09. The van der Waals surface area contributed by atoms with Crippen molar-refractivity contribution in [3.63, 3.8) is 0 Å². The van der Waals surface area contributed by atoms with Crippen LogP contribution in [0.25, 0.3) is 0 Å². The van der Waals surface area contributed by atoms with Gasteiger partial charge in [-0.15, -0.1) is 0 Å². The van der Waals surface area contributed by atoms with Gasteiger partial charge in [0.2, 0.25) is 0 Å². The molecule has 1 atom stereocenters. The van der Waals surface area contributed by atoms with Crippen molar-refractivity contribution >= 4 is 26.4 Å². The third kappa shape index (κ3) is 4.73. The third-order valence-electron chi connectivity index (χ3n) is 0.625. The summed E-state index contributed by atoms with van der Waals surface area (Å²) >= 11 is 1.33. The third-order valence-corrected chi connectivity index (χ3v) is 2.01. The van der Waals surface area contributed by atoms with Gasteiger partial charge < -0.3 is 4.67 Å². The van der Waals surface area contributed by atoms with E-state index in [-0.39, 0.29) is 5.24 Å². The second-order valence-electron chi connectivity index (χ2n) is 2.04. The minimum Gasteiger partial charge on any atom is -0.321 e. The maximum Gasteiger partial charge on any atom is 0.284 e. The van der Waals surface area contributed by atoms with Gasteiger partial charge in [-0.2, -0.15) is 0 Å². The number of hydrogen-bond donors (Lipinski definition) is 0. The Morgan fingerprint density at radius 1 is 1.67 bits per heavy atom. The van der Waals surface area contributed by atoms with E-state index in [1.165, 1.54) is 16.4 Å². The molecule has 2 nitrogen and oxygen atoms in total. The minimum atomic E-state index is 0.0926. The SMILES string of the molecule is CC(C)SC(=O)N(C)P. The highest BCUT2D eigenvalue weighted by molar-refractivity contribution is 8.14. The molecule has 9 heavy (non-hydrogen) atoms. The molecule has 0 spiro atoms. The average Bonchev–Trinajstić information content (AvgIpc) is 1.63. The molecule has 0 saturated heterocycles. The van der Waals surface area contributed by atoms with Gasteiger partial charge in [0, 0.05) is 12.3 Å². The van der Waals surface area contributed by atoms with Crippen LogP contribution in [0, 0.1) is 0 Å². The van der Waals surface area contributed by atoms with Crippen molar-refractivity contribution in [2.45, 2.75) is 19.1 Å². The molecule has 0 aliphatic rings. The molecule has 0 N–H and O–H groups in total. The summed E-state index contributed by atoms with van der Waals surface area (Å²) in [6.45, 7) is 3.99. The summed E-state index contributed by atoms with van der Waals surface area (Å²) < 4.78 is 1.50. The fraction of sp³-hybridized carbons (Fsp3) is 0.800. The summed E-state index contributed by atoms with van der Waals surface area (Å²) in [5, 5.41) is 0.468. The molecular formula is C5H12NOPS. The number of thioether (sulfide) groups is 1. The number of nitrogens with zero attached hydrogens (tertiary/aromatic N) is 1. The summed E-state index contributed by atoms with van der Waals surface area (Å²) in [5.74, 6) is 0. The van der Waals surface area contributed by atoms with E-state index in [2.05, 4.69) is 9.39 Å². The Hall–Kier alpha value is 0.250. The molecule has 0 heterocycles. The van der Waals surface area contributed by atoms with E-state index < -0.39 is 0 Å². The Kier molecular flexibility index (Phi) is 4.24. The lowest BCUT2D eigenvalue weighted by Crippen LogP contribution is -2.11. The van der Waals surface area contributed by atoms with E-state index in [1.807, 2.05) is 13.8 Å². The molecule has 0 aromatic carbocycles. The second-order valence-corrected chi connectivity index (χ2v) is 4.35. The quantitative estimate of drug-likeness (QED) is 0.553. The van der Waals surface area contributed by atoms with Crippen LogP contribution in [0.15, 0.2) is 0 Å². The monoisotopic (exact) mass is 165 g/mol. The lowest BCUT2D eigenvalue weighted by molar-refractivity contribution is 0.252. The smallest absolute Gasteiger partial charge is 0.284 e. The van der Waals surface area contributed by atoms with Crippen molar-refractivity contribution in [1.82, 2.24) is 4.67 Å². The van der Waals surface area contributed by atoms with Crippen molar-refractivity contribution in [3.8, 4) is 0 Å². The van der Waals surface area contributed by atoms with Crippen LogP contribution in [0.5, 0.6) is 0 Å². The molecule has 4 heteroatoms. The van der Waals surface area contributed by atoms with Crippen molar-refractivity contribution in [2.75, 3.05) is 7.05 Å². The van der Waals surface area contributed by atoms with Crippen LogP contribution in [-0.2, 0) is 0 Å². The minimum absolute atomic E-state index is 0.0926. The molecule has 0 aliphatic heterocycles. The molecule has 0 fully saturated rings. The Morgan fingerprint density at radius 3 is 2.22 bits per heavy atom. The molecule has 0 saturated carbocycles. The maximum atomic E-state index is 10.8. The van der Waals surface area contributed by atoms with Gasteiger partial charge >= 0.3 is 0 Å². The Morgan fingerprint density at radius 2 is 2.11 bits per heavy atom. The molecule has 0 aliphatic carbocycles. The van der Waals surface area contributed by atoms with Crippen LogP contribution >= 0.6 is 21.2 Å². The fourth-order valence-electron chi connectivity index (χ4n) is 0.285. The molecule has 0 aromatic heterocycles. The summed E-state index contributed by atoms with van der Waals surface area (Å²) in [6.07, 6.45) is 0. The zero-order valence-corrected chi connectivity index (χ0v) is 7.89. The van der Waals surface area contributed by atoms with E-state index in [9.17, 15) is 4.79 Å². The van der Waals surface area contributed by atoms with E-state index in [0.717, 1.165) is 0 Å². The number of rotatable bonds is 1. The molecule has 0 aromatic rings. The van der Waals surface area contributed by atoms with Crippen LogP contribution in [-0.4, -0.2) is 22.2 Å². The predicted molar refractivity (Wildman–Crippen MR) is 45.6 cm³/mol. The van der Waals surface area contributed by atoms with Crippen molar-refractivity contribution < 1.29 is 4.79 Å². The first-order valence-corrected chi connectivity index (χ1v) is 4.12. The number of hydrogen-bond acceptors (Lipinski definition) is 2. The van der Waals surface area contributed by atoms with Crippen LogP contribution in [0.2, 0.25) is 0 Å². The molecule has 1 unspecified atom stereocenters. The van der Waals surface area contributed by atoms with Gasteiger partial charge in [-0.05, 0) is 9.39 Å². The van der Waals surface area contributed by atoms with E-state index in [4.69, 9.17) is 0 Å². The molecule has 0 rings (SSSR count). The largest absolute Gasteiger partial charge is 0.321 e. The molecule has 1 amide bonds. The average molecular weight is 165 g/mol. The van der Waals surface area contributed by atoms with Crippen LogP contribution in [0.4, 0.5) is 4.79 Å². The highest BCUT2D eigenvalue weighted by Crippen LogP contribution is 2.15. The summed E-state index contributed by atoms with van der Waals surface area (Å²) in [7, 11) is 4.05. The first-order chi connectivity index (χ1) is 4.04. The normalized spacial score (nSPS) is 9.89. The molecule has 54 valence electrons. The maximum absolute atomic E-state index is 10.8. The topological polar surface area (TPSA) is 20.3 Å². The van der Waals surface area contributed by atoms with Gasteiger partial charge in [0.05, 0.1) is 0 Å². The van der Waals surface area contributed by atoms with Crippen molar-refractivity contribution in [1.29, 1.82) is 0 Å². The summed E-state index contributed by atoms with van der Waals surface area (Å²) in [5.41, 5.74) is 0. The Bertz CT molecular complexity index is 105. The van der Waals surface area contributed by atoms with Crippen LogP contribution < -0.4 is 0 Å². The van der Waals surface area contributed by atoms with Gasteiger partial charge in [0.1, 0.15) is 0 Å². The summed E-state index contributed by atoms with van der Waals surface area (Å²) in [6, 6.07) is 0. The molecule has 0 radical (unpaired) electrons. The van der Waals surface area contributed by atoms with Gasteiger partial charge in [-0.1, -0.05) is 25.6 Å². The first-order valence-electron chi connectivity index (χ1n) is 2.73. The van der Waals surface area contributed by atoms with Gasteiger partial charge in [0.15, 0.2) is 0 Å². The van der Waals surface area contributed by atoms with E-state index >= 15 is 0 Å². The van der Waals surface area contributed by atoms with Crippen LogP contribution in [0.3, 0.4) is 0 Å². The van der Waals surface area contributed by atoms with Gasteiger partial charge in [0.25, 0.3) is 5.24 Å². The number of amides is 1. The first kappa shape index (κ1) is 9.25. The second kappa shape index (κ2) is 4.13. The molecular weight excluding hydrogens is 153 g/mol. The van der Waals surface area contributed by atoms with Crippen molar-refractivity contribution in [2.24, 2.45) is 0 Å². The van der Waals surface area contributed by atoms with Gasteiger partial charge in [-0.3, -0.25) is 4.79 Å². The van der Waals surface area contributed by atoms with Crippen molar-refractivity contribution in [3.05, 3.63) is 0 Å². The summed E-state index contributed by atoms with van der Waals surface area (Å²) in [4.78, 5) is 10.8. The number of carbonyl (C=O) groups is 1. The highest BCUT2D eigenvalue weighted by Gasteiger charge is 2.05. The van der Waals surface area contributed by atoms with E-state index in [0.29, 0.717) is 5.25 Å².